The molecule has 0 radical (unpaired) electrons. The van der Waals surface area contributed by atoms with E-state index in [0.717, 1.165) is 20.1 Å². The van der Waals surface area contributed by atoms with Crippen molar-refractivity contribution in [3.8, 4) is 11.5 Å². The van der Waals surface area contributed by atoms with Crippen molar-refractivity contribution in [1.29, 1.82) is 0 Å². The number of hydrogen-bond acceptors (Lipinski definition) is 4. The van der Waals surface area contributed by atoms with Crippen LogP contribution >= 0.6 is 31.9 Å². The Morgan fingerprint density at radius 2 is 1.66 bits per heavy atom. The highest BCUT2D eigenvalue weighted by Crippen LogP contribution is 2.23. The Bertz CT molecular complexity index is 977. The molecule has 1 amide bonds. The summed E-state index contributed by atoms with van der Waals surface area (Å²) < 4.78 is 13.1. The van der Waals surface area contributed by atoms with Gasteiger partial charge in [-0.05, 0) is 48.0 Å². The van der Waals surface area contributed by atoms with E-state index in [-0.39, 0.29) is 12.5 Å². The number of hydrogen-bond donors (Lipinski definition) is 1. The van der Waals surface area contributed by atoms with Crippen molar-refractivity contribution in [3.05, 3.63) is 92.9 Å². The third-order valence-electron chi connectivity index (χ3n) is 3.79. The van der Waals surface area contributed by atoms with E-state index >= 15 is 0 Å². The second kappa shape index (κ2) is 10.8. The molecule has 0 spiro atoms. The van der Waals surface area contributed by atoms with Crippen LogP contribution in [0.2, 0.25) is 0 Å². The first-order chi connectivity index (χ1) is 14.1. The van der Waals surface area contributed by atoms with Gasteiger partial charge in [0.25, 0.3) is 5.91 Å². The first kappa shape index (κ1) is 21.1. The standard InChI is InChI=1S/C22H18Br2N2O3/c23-18-6-9-20(10-7-18)28-15-22(27)26-25-13-17-12-19(24)8-11-21(17)29-14-16-4-2-1-3-5-16/h1-13H,14-15H2,(H,26,27)/b25-13+. The first-order valence-corrected chi connectivity index (χ1v) is 10.4. The average molecular weight is 518 g/mol. The van der Waals surface area contributed by atoms with Crippen molar-refractivity contribution in [2.45, 2.75) is 6.61 Å². The zero-order valence-electron chi connectivity index (χ0n) is 15.3. The van der Waals surface area contributed by atoms with Crippen molar-refractivity contribution >= 4 is 44.0 Å². The molecule has 0 aliphatic carbocycles. The van der Waals surface area contributed by atoms with Crippen molar-refractivity contribution in [1.82, 2.24) is 5.43 Å². The third-order valence-corrected chi connectivity index (χ3v) is 4.81. The van der Waals surface area contributed by atoms with Crippen LogP contribution in [0.1, 0.15) is 11.1 Å². The highest BCUT2D eigenvalue weighted by molar-refractivity contribution is 9.10. The number of carbonyl (C=O) groups excluding carboxylic acids is 1. The molecule has 7 heteroatoms. The van der Waals surface area contributed by atoms with Crippen molar-refractivity contribution < 1.29 is 14.3 Å². The maximum absolute atomic E-state index is 11.9. The number of nitrogens with one attached hydrogen (secondary N) is 1. The first-order valence-electron chi connectivity index (χ1n) is 8.77. The van der Waals surface area contributed by atoms with Gasteiger partial charge in [-0.25, -0.2) is 5.43 Å². The largest absolute Gasteiger partial charge is 0.488 e. The van der Waals surface area contributed by atoms with Crippen molar-refractivity contribution in [2.75, 3.05) is 6.61 Å². The summed E-state index contributed by atoms with van der Waals surface area (Å²) in [4.78, 5) is 11.9. The molecule has 0 aliphatic rings. The number of amides is 1. The predicted molar refractivity (Wildman–Crippen MR) is 120 cm³/mol. The van der Waals surface area contributed by atoms with Crippen molar-refractivity contribution in [3.63, 3.8) is 0 Å². The van der Waals surface area contributed by atoms with Gasteiger partial charge in [-0.15, -0.1) is 0 Å². The summed E-state index contributed by atoms with van der Waals surface area (Å²) in [5, 5.41) is 4.01. The minimum Gasteiger partial charge on any atom is -0.488 e. The van der Waals surface area contributed by atoms with Crippen LogP contribution in [0.5, 0.6) is 11.5 Å². The lowest BCUT2D eigenvalue weighted by Crippen LogP contribution is -2.24. The maximum Gasteiger partial charge on any atom is 0.277 e. The molecule has 29 heavy (non-hydrogen) atoms. The Morgan fingerprint density at radius 3 is 2.41 bits per heavy atom. The van der Waals surface area contributed by atoms with Crippen molar-refractivity contribution in [2.24, 2.45) is 5.10 Å². The van der Waals surface area contributed by atoms with Gasteiger partial charge in [-0.1, -0.05) is 62.2 Å². The van der Waals surface area contributed by atoms with Gasteiger partial charge >= 0.3 is 0 Å². The molecule has 5 nitrogen and oxygen atoms in total. The molecule has 0 saturated carbocycles. The Balaban J connectivity index is 1.55. The minimum absolute atomic E-state index is 0.130. The molecule has 148 valence electrons. The molecule has 0 saturated heterocycles. The molecule has 0 bridgehead atoms. The maximum atomic E-state index is 11.9. The van der Waals surface area contributed by atoms with E-state index in [1.54, 1.807) is 18.3 Å². The Hall–Kier alpha value is -2.64. The van der Waals surface area contributed by atoms with E-state index < -0.39 is 0 Å². The molecule has 3 rings (SSSR count). The molecule has 0 heterocycles. The monoisotopic (exact) mass is 516 g/mol. The SMILES string of the molecule is O=C(COc1ccc(Br)cc1)N/N=C/c1cc(Br)ccc1OCc1ccccc1. The molecule has 0 atom stereocenters. The van der Waals surface area contributed by atoms with Gasteiger partial charge in [-0.3, -0.25) is 4.79 Å². The number of rotatable bonds is 8. The summed E-state index contributed by atoms with van der Waals surface area (Å²) in [5.74, 6) is 0.919. The smallest absolute Gasteiger partial charge is 0.277 e. The summed E-state index contributed by atoms with van der Waals surface area (Å²) in [7, 11) is 0. The topological polar surface area (TPSA) is 59.9 Å². The van der Waals surface area contributed by atoms with Gasteiger partial charge in [-0.2, -0.15) is 5.10 Å². The fourth-order valence-corrected chi connectivity index (χ4v) is 3.02. The molecule has 0 unspecified atom stereocenters. The van der Waals surface area contributed by atoms with Gasteiger partial charge < -0.3 is 9.47 Å². The lowest BCUT2D eigenvalue weighted by atomic mass is 10.2. The summed E-state index contributed by atoms with van der Waals surface area (Å²) >= 11 is 6.79. The van der Waals surface area contributed by atoms with Crippen LogP contribution in [0.4, 0.5) is 0 Å². The predicted octanol–water partition coefficient (Wildman–Crippen LogP) is 5.32. The van der Waals surface area contributed by atoms with Gasteiger partial charge in [0.15, 0.2) is 6.61 Å². The van der Waals surface area contributed by atoms with Gasteiger partial charge in [0, 0.05) is 14.5 Å². The van der Waals surface area contributed by atoms with Crippen LogP contribution in [0.15, 0.2) is 86.8 Å². The van der Waals surface area contributed by atoms with Gasteiger partial charge in [0.05, 0.1) is 6.21 Å². The van der Waals surface area contributed by atoms with Crippen LogP contribution in [-0.2, 0) is 11.4 Å². The second-order valence-electron chi connectivity index (χ2n) is 5.99. The lowest BCUT2D eigenvalue weighted by Gasteiger charge is -2.10. The molecule has 3 aromatic carbocycles. The molecule has 0 aromatic heterocycles. The normalized spacial score (nSPS) is 10.7. The quantitative estimate of drug-likeness (QED) is 0.325. The summed E-state index contributed by atoms with van der Waals surface area (Å²) in [6.07, 6.45) is 1.54. The molecule has 1 N–H and O–H groups in total. The third kappa shape index (κ3) is 7.03. The fourth-order valence-electron chi connectivity index (χ4n) is 2.37. The number of carbonyl (C=O) groups is 1. The molecular formula is C22H18Br2N2O3. The molecule has 0 fully saturated rings. The van der Waals surface area contributed by atoms with E-state index in [1.807, 2.05) is 60.7 Å². The van der Waals surface area contributed by atoms with E-state index in [4.69, 9.17) is 9.47 Å². The van der Waals surface area contributed by atoms with Crippen LogP contribution in [0.25, 0.3) is 0 Å². The summed E-state index contributed by atoms with van der Waals surface area (Å²) in [6, 6.07) is 22.7. The number of ether oxygens (including phenoxy) is 2. The van der Waals surface area contributed by atoms with E-state index in [9.17, 15) is 4.79 Å². The minimum atomic E-state index is -0.356. The number of benzene rings is 3. The van der Waals surface area contributed by atoms with Crippen LogP contribution in [-0.4, -0.2) is 18.7 Å². The Morgan fingerprint density at radius 1 is 0.931 bits per heavy atom. The molecular weight excluding hydrogens is 500 g/mol. The van der Waals surface area contributed by atoms with Gasteiger partial charge in [0.2, 0.25) is 0 Å². The van der Waals surface area contributed by atoms with E-state index in [1.165, 1.54) is 0 Å². The fraction of sp³-hybridized carbons (Fsp3) is 0.0909. The Kier molecular flexibility index (Phi) is 7.84. The highest BCUT2D eigenvalue weighted by atomic mass is 79.9. The lowest BCUT2D eigenvalue weighted by molar-refractivity contribution is -0.123. The van der Waals surface area contributed by atoms with Crippen LogP contribution < -0.4 is 14.9 Å². The van der Waals surface area contributed by atoms with Crippen LogP contribution in [0, 0.1) is 0 Å². The number of hydrazone groups is 1. The summed E-state index contributed by atoms with van der Waals surface area (Å²) in [5.41, 5.74) is 4.27. The van der Waals surface area contributed by atoms with Gasteiger partial charge in [0.1, 0.15) is 18.1 Å². The zero-order chi connectivity index (χ0) is 20.5. The zero-order valence-corrected chi connectivity index (χ0v) is 18.5. The average Bonchev–Trinajstić information content (AvgIpc) is 2.73. The Labute approximate surface area is 186 Å². The molecule has 3 aromatic rings. The van der Waals surface area contributed by atoms with E-state index in [0.29, 0.717) is 18.1 Å². The number of halogens is 2. The van der Waals surface area contributed by atoms with Crippen LogP contribution in [0.3, 0.4) is 0 Å². The van der Waals surface area contributed by atoms with E-state index in [2.05, 4.69) is 42.4 Å². The number of nitrogens with zero attached hydrogens (tertiary/aromatic N) is 1. The summed E-state index contributed by atoms with van der Waals surface area (Å²) in [6.45, 7) is 0.311. The second-order valence-corrected chi connectivity index (χ2v) is 7.82. The molecule has 0 aliphatic heterocycles. The highest BCUT2D eigenvalue weighted by Gasteiger charge is 2.05.